The monoisotopic (exact) mass is 517 g/mol. The van der Waals surface area contributed by atoms with E-state index in [1.807, 2.05) is 18.2 Å². The number of fused-ring (bicyclic) bond motifs is 1. The number of urea groups is 1. The number of benzene rings is 3. The first-order valence-electron chi connectivity index (χ1n) is 10.9. The Morgan fingerprint density at radius 1 is 1.06 bits per heavy atom. The standard InChI is InChI=1S/C25H25Cl2N3O3S/c1-16(22-3-2-4-23(26)24(22)27)29-25(31)30-20-7-9-21(10-8-20)34(32,33)15-17-5-6-18-11-12-28-14-19(18)13-17/h2-10,13,16,28H,11-12,14-15H2,1H3,(H2,29,30,31)/t16-/m0/s1. The van der Waals surface area contributed by atoms with Crippen molar-refractivity contribution in [3.63, 3.8) is 0 Å². The molecule has 0 saturated carbocycles. The Kier molecular flexibility index (Phi) is 7.48. The van der Waals surface area contributed by atoms with Crippen molar-refractivity contribution in [1.29, 1.82) is 0 Å². The molecule has 3 N–H and O–H groups in total. The van der Waals surface area contributed by atoms with Gasteiger partial charge in [0, 0.05) is 12.2 Å². The zero-order chi connectivity index (χ0) is 24.3. The van der Waals surface area contributed by atoms with Crippen molar-refractivity contribution < 1.29 is 13.2 Å². The maximum Gasteiger partial charge on any atom is 0.319 e. The van der Waals surface area contributed by atoms with Gasteiger partial charge in [0.1, 0.15) is 0 Å². The van der Waals surface area contributed by atoms with E-state index in [9.17, 15) is 13.2 Å². The van der Waals surface area contributed by atoms with Crippen molar-refractivity contribution in [2.45, 2.75) is 36.6 Å². The van der Waals surface area contributed by atoms with Crippen molar-refractivity contribution >= 4 is 44.8 Å². The lowest BCUT2D eigenvalue weighted by Crippen LogP contribution is -2.31. The smallest absolute Gasteiger partial charge is 0.319 e. The maximum atomic E-state index is 12.9. The number of nitrogens with one attached hydrogen (secondary N) is 3. The predicted octanol–water partition coefficient (Wildman–Crippen LogP) is 5.50. The van der Waals surface area contributed by atoms with E-state index < -0.39 is 15.9 Å². The Labute approximate surface area is 209 Å². The van der Waals surface area contributed by atoms with Crippen LogP contribution in [0.3, 0.4) is 0 Å². The second-order valence-electron chi connectivity index (χ2n) is 8.28. The van der Waals surface area contributed by atoms with E-state index in [-0.39, 0.29) is 16.7 Å². The molecule has 2 amide bonds. The van der Waals surface area contributed by atoms with E-state index in [4.69, 9.17) is 23.2 Å². The summed E-state index contributed by atoms with van der Waals surface area (Å²) < 4.78 is 25.9. The molecule has 0 unspecified atom stereocenters. The van der Waals surface area contributed by atoms with Crippen LogP contribution in [-0.4, -0.2) is 21.0 Å². The highest BCUT2D eigenvalue weighted by atomic mass is 35.5. The summed E-state index contributed by atoms with van der Waals surface area (Å²) in [5.41, 5.74) is 4.35. The Balaban J connectivity index is 1.39. The summed E-state index contributed by atoms with van der Waals surface area (Å²) in [5.74, 6) is -0.0779. The van der Waals surface area contributed by atoms with Gasteiger partial charge in [-0.15, -0.1) is 0 Å². The zero-order valence-electron chi connectivity index (χ0n) is 18.6. The largest absolute Gasteiger partial charge is 0.331 e. The Morgan fingerprint density at radius 2 is 1.82 bits per heavy atom. The number of rotatable bonds is 6. The third kappa shape index (κ3) is 5.73. The molecule has 34 heavy (non-hydrogen) atoms. The molecule has 0 radical (unpaired) electrons. The number of amides is 2. The summed E-state index contributed by atoms with van der Waals surface area (Å²) in [5, 5.41) is 9.62. The van der Waals surface area contributed by atoms with Gasteiger partial charge in [-0.1, -0.05) is 53.5 Å². The first kappa shape index (κ1) is 24.5. The summed E-state index contributed by atoms with van der Waals surface area (Å²) in [6, 6.07) is 16.4. The van der Waals surface area contributed by atoms with Crippen molar-refractivity contribution in [2.24, 2.45) is 0 Å². The van der Waals surface area contributed by atoms with Crippen LogP contribution >= 0.6 is 23.2 Å². The fraction of sp³-hybridized carbons (Fsp3) is 0.240. The van der Waals surface area contributed by atoms with Crippen LogP contribution in [0, 0.1) is 0 Å². The van der Waals surface area contributed by atoms with Gasteiger partial charge in [0.15, 0.2) is 9.84 Å². The number of hydrogen-bond donors (Lipinski definition) is 3. The van der Waals surface area contributed by atoms with Gasteiger partial charge in [-0.2, -0.15) is 0 Å². The van der Waals surface area contributed by atoms with Gasteiger partial charge in [0.2, 0.25) is 0 Å². The van der Waals surface area contributed by atoms with Crippen LogP contribution in [0.2, 0.25) is 10.0 Å². The number of sulfone groups is 1. The summed E-state index contributed by atoms with van der Waals surface area (Å²) in [4.78, 5) is 12.6. The Morgan fingerprint density at radius 3 is 2.59 bits per heavy atom. The fourth-order valence-corrected chi connectivity index (χ4v) is 5.78. The molecule has 1 heterocycles. The van der Waals surface area contributed by atoms with Crippen LogP contribution in [-0.2, 0) is 28.6 Å². The minimum Gasteiger partial charge on any atom is -0.331 e. The van der Waals surface area contributed by atoms with Crippen molar-refractivity contribution in [3.05, 3.63) is 93.0 Å². The van der Waals surface area contributed by atoms with Crippen LogP contribution < -0.4 is 16.0 Å². The second kappa shape index (κ2) is 10.4. The molecule has 0 saturated heterocycles. The lowest BCUT2D eigenvalue weighted by Gasteiger charge is -2.18. The van der Waals surface area contributed by atoms with Crippen LogP contribution in [0.15, 0.2) is 65.6 Å². The lowest BCUT2D eigenvalue weighted by molar-refractivity contribution is 0.249. The average molecular weight is 518 g/mol. The SMILES string of the molecule is C[C@H](NC(=O)Nc1ccc(S(=O)(=O)Cc2ccc3c(c2)CNCC3)cc1)c1cccc(Cl)c1Cl. The van der Waals surface area contributed by atoms with E-state index >= 15 is 0 Å². The minimum absolute atomic E-state index is 0.0779. The number of hydrogen-bond acceptors (Lipinski definition) is 4. The van der Waals surface area contributed by atoms with Gasteiger partial charge in [0.25, 0.3) is 0 Å². The van der Waals surface area contributed by atoms with Gasteiger partial charge in [-0.05, 0) is 72.5 Å². The number of anilines is 1. The second-order valence-corrected chi connectivity index (χ2v) is 11.1. The summed E-state index contributed by atoms with van der Waals surface area (Å²) in [6.45, 7) is 3.49. The average Bonchev–Trinajstić information content (AvgIpc) is 2.80. The van der Waals surface area contributed by atoms with Gasteiger partial charge >= 0.3 is 6.03 Å². The third-order valence-corrected chi connectivity index (χ3v) is 8.32. The third-order valence-electron chi connectivity index (χ3n) is 5.78. The van der Waals surface area contributed by atoms with Gasteiger partial charge < -0.3 is 16.0 Å². The van der Waals surface area contributed by atoms with E-state index in [1.165, 1.54) is 17.7 Å². The topological polar surface area (TPSA) is 87.3 Å². The van der Waals surface area contributed by atoms with Crippen molar-refractivity contribution in [2.75, 3.05) is 11.9 Å². The van der Waals surface area contributed by atoms with Gasteiger partial charge in [-0.25, -0.2) is 13.2 Å². The van der Waals surface area contributed by atoms with Gasteiger partial charge in [0.05, 0.1) is 26.7 Å². The molecule has 0 bridgehead atoms. The Hall–Kier alpha value is -2.58. The van der Waals surface area contributed by atoms with Crippen LogP contribution in [0.1, 0.15) is 35.2 Å². The molecule has 9 heteroatoms. The van der Waals surface area contributed by atoms with Crippen molar-refractivity contribution in [3.8, 4) is 0 Å². The molecule has 3 aromatic rings. The summed E-state index contributed by atoms with van der Waals surface area (Å²) in [7, 11) is -3.52. The molecule has 0 spiro atoms. The minimum atomic E-state index is -3.52. The molecular formula is C25H25Cl2N3O3S. The molecule has 1 aliphatic heterocycles. The molecule has 0 fully saturated rings. The first-order chi connectivity index (χ1) is 16.2. The highest BCUT2D eigenvalue weighted by Crippen LogP contribution is 2.30. The lowest BCUT2D eigenvalue weighted by atomic mass is 9.99. The highest BCUT2D eigenvalue weighted by Gasteiger charge is 2.18. The molecule has 1 atom stereocenters. The predicted molar refractivity (Wildman–Crippen MR) is 136 cm³/mol. The maximum absolute atomic E-state index is 12.9. The molecule has 178 valence electrons. The van der Waals surface area contributed by atoms with Gasteiger partial charge in [-0.3, -0.25) is 0 Å². The molecule has 1 aliphatic rings. The number of carbonyl (C=O) groups excluding carboxylic acids is 1. The highest BCUT2D eigenvalue weighted by molar-refractivity contribution is 7.90. The summed E-state index contributed by atoms with van der Waals surface area (Å²) in [6.07, 6.45) is 0.954. The number of halogens is 2. The van der Waals surface area contributed by atoms with Crippen molar-refractivity contribution in [1.82, 2.24) is 10.6 Å². The molecule has 0 aliphatic carbocycles. The number of carbonyl (C=O) groups is 1. The first-order valence-corrected chi connectivity index (χ1v) is 13.3. The molecule has 3 aromatic carbocycles. The summed E-state index contributed by atoms with van der Waals surface area (Å²) >= 11 is 12.3. The quantitative estimate of drug-likeness (QED) is 0.403. The van der Waals surface area contributed by atoms with Crippen LogP contribution in [0.4, 0.5) is 10.5 Å². The normalized spacial score (nSPS) is 14.2. The van der Waals surface area contributed by atoms with Crippen LogP contribution in [0.5, 0.6) is 0 Å². The molecule has 0 aromatic heterocycles. The van der Waals surface area contributed by atoms with E-state index in [1.54, 1.807) is 37.3 Å². The molecular weight excluding hydrogens is 493 g/mol. The van der Waals surface area contributed by atoms with Crippen LogP contribution in [0.25, 0.3) is 0 Å². The van der Waals surface area contributed by atoms with E-state index in [0.717, 1.165) is 30.6 Å². The van der Waals surface area contributed by atoms with E-state index in [0.29, 0.717) is 21.3 Å². The molecule has 6 nitrogen and oxygen atoms in total. The molecule has 4 rings (SSSR count). The zero-order valence-corrected chi connectivity index (χ0v) is 20.9. The Bertz CT molecular complexity index is 1310. The van der Waals surface area contributed by atoms with E-state index in [2.05, 4.69) is 16.0 Å². The fourth-order valence-electron chi connectivity index (χ4n) is 3.97.